The number of nitrogens with one attached hydrogen (secondary N) is 1. The van der Waals surface area contributed by atoms with E-state index in [1.165, 1.54) is 4.88 Å². The van der Waals surface area contributed by atoms with E-state index in [4.69, 9.17) is 0 Å². The minimum absolute atomic E-state index is 0.239. The van der Waals surface area contributed by atoms with Gasteiger partial charge in [-0.1, -0.05) is 13.8 Å². The minimum atomic E-state index is -2.85. The molecule has 1 atom stereocenters. The van der Waals surface area contributed by atoms with Gasteiger partial charge in [-0.15, -0.1) is 11.3 Å². The summed E-state index contributed by atoms with van der Waals surface area (Å²) in [6, 6.07) is 2.30. The molecule has 19 heavy (non-hydrogen) atoms. The van der Waals surface area contributed by atoms with Crippen LogP contribution in [0.15, 0.2) is 15.9 Å². The average molecular weight is 368 g/mol. The van der Waals surface area contributed by atoms with Gasteiger partial charge in [0.15, 0.2) is 0 Å². The van der Waals surface area contributed by atoms with Gasteiger partial charge < -0.3 is 5.32 Å². The minimum Gasteiger partial charge on any atom is -0.309 e. The zero-order valence-corrected chi connectivity index (χ0v) is 14.7. The highest BCUT2D eigenvalue weighted by Crippen LogP contribution is 2.31. The molecule has 0 aromatic carbocycles. The lowest BCUT2D eigenvalue weighted by Gasteiger charge is -2.17. The van der Waals surface area contributed by atoms with Gasteiger partial charge in [-0.25, -0.2) is 8.42 Å². The van der Waals surface area contributed by atoms with Crippen molar-refractivity contribution in [2.75, 3.05) is 18.1 Å². The second-order valence-corrected chi connectivity index (χ2v) is 8.79. The van der Waals surface area contributed by atoms with E-state index >= 15 is 0 Å². The molecule has 0 saturated carbocycles. The largest absolute Gasteiger partial charge is 0.309 e. The summed E-state index contributed by atoms with van der Waals surface area (Å²) in [5.41, 5.74) is 0. The van der Waals surface area contributed by atoms with Gasteiger partial charge in [-0.05, 0) is 53.2 Å². The van der Waals surface area contributed by atoms with Gasteiger partial charge in [-0.3, -0.25) is 0 Å². The van der Waals surface area contributed by atoms with Crippen LogP contribution >= 0.6 is 27.3 Å². The van der Waals surface area contributed by atoms with E-state index in [1.54, 1.807) is 18.3 Å². The molecule has 0 radical (unpaired) electrons. The Morgan fingerprint density at radius 3 is 2.68 bits per heavy atom. The van der Waals surface area contributed by atoms with Crippen molar-refractivity contribution in [2.45, 2.75) is 39.2 Å². The Morgan fingerprint density at radius 2 is 2.16 bits per heavy atom. The van der Waals surface area contributed by atoms with Crippen molar-refractivity contribution in [3.63, 3.8) is 0 Å². The molecule has 110 valence electrons. The Morgan fingerprint density at radius 1 is 1.42 bits per heavy atom. The van der Waals surface area contributed by atoms with Crippen LogP contribution < -0.4 is 5.32 Å². The van der Waals surface area contributed by atoms with Crippen molar-refractivity contribution < 1.29 is 8.42 Å². The number of halogens is 1. The SMILES string of the molecule is CCCNC(CCCS(=O)(=O)CC)c1sccc1Br. The summed E-state index contributed by atoms with van der Waals surface area (Å²) in [6.45, 7) is 4.79. The first kappa shape index (κ1) is 17.1. The zero-order chi connectivity index (χ0) is 14.3. The van der Waals surface area contributed by atoms with Crippen LogP contribution in [0.3, 0.4) is 0 Å². The van der Waals surface area contributed by atoms with E-state index in [9.17, 15) is 8.42 Å². The molecule has 1 aromatic rings. The Kier molecular flexibility index (Phi) is 7.57. The summed E-state index contributed by atoms with van der Waals surface area (Å²) in [5, 5.41) is 5.56. The van der Waals surface area contributed by atoms with Crippen LogP contribution in [-0.4, -0.2) is 26.5 Å². The van der Waals surface area contributed by atoms with E-state index in [2.05, 4.69) is 33.6 Å². The second kappa shape index (κ2) is 8.39. The van der Waals surface area contributed by atoms with Crippen LogP contribution in [0.5, 0.6) is 0 Å². The van der Waals surface area contributed by atoms with Crippen LogP contribution in [0.4, 0.5) is 0 Å². The van der Waals surface area contributed by atoms with Crippen molar-refractivity contribution >= 4 is 37.1 Å². The molecule has 1 unspecified atom stereocenters. The molecule has 1 rings (SSSR count). The van der Waals surface area contributed by atoms with Crippen LogP contribution in [0.1, 0.15) is 44.0 Å². The summed E-state index contributed by atoms with van der Waals surface area (Å²) in [5.74, 6) is 0.527. The summed E-state index contributed by atoms with van der Waals surface area (Å²) in [6.07, 6.45) is 2.65. The number of hydrogen-bond donors (Lipinski definition) is 1. The maximum atomic E-state index is 11.5. The van der Waals surface area contributed by atoms with Crippen LogP contribution in [-0.2, 0) is 9.84 Å². The lowest BCUT2D eigenvalue weighted by molar-refractivity contribution is 0.497. The molecule has 1 heterocycles. The predicted octanol–water partition coefficient (Wildman–Crippen LogP) is 3.77. The fourth-order valence-electron chi connectivity index (χ4n) is 1.85. The van der Waals surface area contributed by atoms with Crippen molar-refractivity contribution in [2.24, 2.45) is 0 Å². The summed E-state index contributed by atoms with van der Waals surface area (Å²) >= 11 is 5.27. The molecule has 0 amide bonds. The topological polar surface area (TPSA) is 46.2 Å². The molecule has 3 nitrogen and oxygen atoms in total. The van der Waals surface area contributed by atoms with Crippen LogP contribution in [0.2, 0.25) is 0 Å². The molecule has 0 spiro atoms. The quantitative estimate of drug-likeness (QED) is 0.722. The maximum Gasteiger partial charge on any atom is 0.150 e. The first-order valence-corrected chi connectivity index (χ1v) is 10.2. The molecule has 0 bridgehead atoms. The molecular weight excluding hydrogens is 346 g/mol. The normalized spacial score (nSPS) is 13.6. The van der Waals surface area contributed by atoms with Gasteiger partial charge in [0, 0.05) is 21.1 Å². The third-order valence-corrected chi connectivity index (χ3v) is 6.76. The number of hydrogen-bond acceptors (Lipinski definition) is 4. The van der Waals surface area contributed by atoms with Crippen LogP contribution in [0, 0.1) is 0 Å². The zero-order valence-electron chi connectivity index (χ0n) is 11.5. The van der Waals surface area contributed by atoms with Crippen molar-refractivity contribution in [1.82, 2.24) is 5.32 Å². The smallest absolute Gasteiger partial charge is 0.150 e. The molecule has 0 fully saturated rings. The molecule has 1 N–H and O–H groups in total. The first-order chi connectivity index (χ1) is 9.00. The number of rotatable bonds is 9. The maximum absolute atomic E-state index is 11.5. The van der Waals surface area contributed by atoms with E-state index < -0.39 is 9.84 Å². The van der Waals surface area contributed by atoms with Gasteiger partial charge >= 0.3 is 0 Å². The number of thiophene rings is 1. The van der Waals surface area contributed by atoms with Gasteiger partial charge in [0.2, 0.25) is 0 Å². The van der Waals surface area contributed by atoms with Crippen LogP contribution in [0.25, 0.3) is 0 Å². The fourth-order valence-corrected chi connectivity index (χ4v) is 4.51. The standard InChI is InChI=1S/C13H22BrNO2S2/c1-3-8-15-12(13-11(14)7-9-18-13)6-5-10-19(16,17)4-2/h7,9,12,15H,3-6,8,10H2,1-2H3. The Hall–Kier alpha value is 0.0900. The van der Waals surface area contributed by atoms with E-state index in [-0.39, 0.29) is 17.5 Å². The summed E-state index contributed by atoms with van der Waals surface area (Å²) in [7, 11) is -2.85. The van der Waals surface area contributed by atoms with Crippen molar-refractivity contribution in [3.05, 3.63) is 20.8 Å². The fraction of sp³-hybridized carbons (Fsp3) is 0.692. The summed E-state index contributed by atoms with van der Waals surface area (Å²) in [4.78, 5) is 1.27. The van der Waals surface area contributed by atoms with E-state index in [0.29, 0.717) is 6.42 Å². The highest BCUT2D eigenvalue weighted by molar-refractivity contribution is 9.10. The average Bonchev–Trinajstić information content (AvgIpc) is 2.80. The van der Waals surface area contributed by atoms with Gasteiger partial charge in [-0.2, -0.15) is 0 Å². The lowest BCUT2D eigenvalue weighted by atomic mass is 10.1. The number of sulfone groups is 1. The monoisotopic (exact) mass is 367 g/mol. The van der Waals surface area contributed by atoms with Gasteiger partial charge in [0.1, 0.15) is 9.84 Å². The molecular formula is C13H22BrNO2S2. The molecule has 6 heteroatoms. The van der Waals surface area contributed by atoms with Gasteiger partial charge in [0.05, 0.1) is 5.75 Å². The predicted molar refractivity (Wildman–Crippen MR) is 86.6 cm³/mol. The van der Waals surface area contributed by atoms with E-state index in [1.807, 2.05) is 6.07 Å². The Labute approximate surface area is 128 Å². The highest BCUT2D eigenvalue weighted by atomic mass is 79.9. The lowest BCUT2D eigenvalue weighted by Crippen LogP contribution is -2.22. The van der Waals surface area contributed by atoms with Crippen molar-refractivity contribution in [1.29, 1.82) is 0 Å². The van der Waals surface area contributed by atoms with Gasteiger partial charge in [0.25, 0.3) is 0 Å². The first-order valence-electron chi connectivity index (χ1n) is 6.66. The van der Waals surface area contributed by atoms with E-state index in [0.717, 1.165) is 23.9 Å². The molecule has 0 aliphatic heterocycles. The molecule has 0 saturated heterocycles. The third-order valence-electron chi connectivity index (χ3n) is 2.99. The molecule has 1 aromatic heterocycles. The third kappa shape index (κ3) is 5.94. The second-order valence-electron chi connectivity index (χ2n) is 4.52. The summed E-state index contributed by atoms with van der Waals surface area (Å²) < 4.78 is 24.2. The van der Waals surface area contributed by atoms with Crippen molar-refractivity contribution in [3.8, 4) is 0 Å². The Balaban J connectivity index is 2.59. The highest BCUT2D eigenvalue weighted by Gasteiger charge is 2.16. The Bertz CT molecular complexity index is 471. The molecule has 0 aliphatic rings. The molecule has 0 aliphatic carbocycles.